The number of likely N-dealkylation sites (N-methyl/N-ethyl adjacent to an activating group) is 1. The largest absolute Gasteiger partial charge is 0.497 e. The lowest BCUT2D eigenvalue weighted by atomic mass is 10.2. The molecule has 1 aromatic carbocycles. The Balaban J connectivity index is 1.88. The summed E-state index contributed by atoms with van der Waals surface area (Å²) in [6.45, 7) is 3.61. The monoisotopic (exact) mass is 418 g/mol. The first-order valence-electron chi connectivity index (χ1n) is 9.95. The summed E-state index contributed by atoms with van der Waals surface area (Å²) < 4.78 is 5.18. The van der Waals surface area contributed by atoms with Crippen molar-refractivity contribution in [3.8, 4) is 5.75 Å². The Hall–Kier alpha value is -3.10. The fraction of sp³-hybridized carbons (Fsp3) is 0.524. The van der Waals surface area contributed by atoms with E-state index < -0.39 is 12.1 Å². The highest BCUT2D eigenvalue weighted by Gasteiger charge is 2.36. The van der Waals surface area contributed by atoms with Gasteiger partial charge in [-0.1, -0.05) is 12.1 Å². The molecule has 2 rings (SSSR count). The van der Waals surface area contributed by atoms with Gasteiger partial charge in [0, 0.05) is 27.1 Å². The molecule has 4 amide bonds. The number of hydrogen-bond acceptors (Lipinski definition) is 5. The second-order valence-electron chi connectivity index (χ2n) is 7.43. The normalized spacial score (nSPS) is 16.5. The lowest BCUT2D eigenvalue weighted by Crippen LogP contribution is -2.53. The topological polar surface area (TPSA) is 108 Å². The maximum Gasteiger partial charge on any atom is 0.245 e. The maximum absolute atomic E-state index is 12.6. The molecule has 9 nitrogen and oxygen atoms in total. The van der Waals surface area contributed by atoms with Gasteiger partial charge in [-0.3, -0.25) is 19.2 Å². The molecular weight excluding hydrogens is 388 g/mol. The second-order valence-corrected chi connectivity index (χ2v) is 7.43. The summed E-state index contributed by atoms with van der Waals surface area (Å²) in [5, 5.41) is 5.19. The van der Waals surface area contributed by atoms with Crippen LogP contribution < -0.4 is 15.4 Å². The van der Waals surface area contributed by atoms with Gasteiger partial charge in [0.1, 0.15) is 17.8 Å². The molecule has 1 aromatic rings. The zero-order valence-electron chi connectivity index (χ0n) is 17.9. The predicted octanol–water partition coefficient (Wildman–Crippen LogP) is 0.285. The highest BCUT2D eigenvalue weighted by atomic mass is 16.5. The third kappa shape index (κ3) is 6.20. The quantitative estimate of drug-likeness (QED) is 0.631. The molecule has 1 unspecified atom stereocenters. The number of methoxy groups -OCH3 is 1. The van der Waals surface area contributed by atoms with Crippen LogP contribution in [0.4, 0.5) is 0 Å². The van der Waals surface area contributed by atoms with Gasteiger partial charge in [-0.25, -0.2) is 0 Å². The molecule has 1 heterocycles. The van der Waals surface area contributed by atoms with Crippen molar-refractivity contribution in [2.24, 2.45) is 0 Å². The van der Waals surface area contributed by atoms with E-state index in [-0.39, 0.29) is 30.2 Å². The highest BCUT2D eigenvalue weighted by molar-refractivity contribution is 5.93. The Kier molecular flexibility index (Phi) is 8.20. The number of nitrogens with one attached hydrogen (secondary N) is 2. The van der Waals surface area contributed by atoms with Crippen molar-refractivity contribution in [3.63, 3.8) is 0 Å². The van der Waals surface area contributed by atoms with Crippen molar-refractivity contribution < 1.29 is 23.9 Å². The van der Waals surface area contributed by atoms with Crippen LogP contribution in [0.2, 0.25) is 0 Å². The van der Waals surface area contributed by atoms with Crippen LogP contribution in [-0.4, -0.2) is 72.8 Å². The van der Waals surface area contributed by atoms with E-state index in [1.165, 1.54) is 16.7 Å². The predicted molar refractivity (Wildman–Crippen MR) is 110 cm³/mol. The molecule has 30 heavy (non-hydrogen) atoms. The van der Waals surface area contributed by atoms with E-state index in [2.05, 4.69) is 10.6 Å². The molecule has 1 aliphatic heterocycles. The van der Waals surface area contributed by atoms with Crippen LogP contribution in [0.25, 0.3) is 0 Å². The van der Waals surface area contributed by atoms with Crippen molar-refractivity contribution in [2.75, 3.05) is 27.2 Å². The van der Waals surface area contributed by atoms with Crippen LogP contribution in [0.3, 0.4) is 0 Å². The average Bonchev–Trinajstić information content (AvgIpc) is 3.20. The first-order chi connectivity index (χ1) is 14.2. The minimum atomic E-state index is -0.702. The van der Waals surface area contributed by atoms with Gasteiger partial charge in [-0.2, -0.15) is 0 Å². The number of carbonyl (C=O) groups excluding carboxylic acids is 4. The number of ether oxygens (including phenoxy) is 1. The second kappa shape index (κ2) is 10.6. The minimum absolute atomic E-state index is 0.154. The van der Waals surface area contributed by atoms with E-state index in [1.54, 1.807) is 21.1 Å². The SMILES string of the molecule is COc1cccc(CN(C)C(=O)CNC(=O)C2CCCN2C(=O)[C@H](C)NC(C)=O)c1. The summed E-state index contributed by atoms with van der Waals surface area (Å²) >= 11 is 0. The van der Waals surface area contributed by atoms with Gasteiger partial charge in [0.2, 0.25) is 23.6 Å². The summed E-state index contributed by atoms with van der Waals surface area (Å²) in [5.41, 5.74) is 0.913. The van der Waals surface area contributed by atoms with Crippen molar-refractivity contribution in [3.05, 3.63) is 29.8 Å². The van der Waals surface area contributed by atoms with Crippen molar-refractivity contribution in [2.45, 2.75) is 45.3 Å². The standard InChI is InChI=1S/C21H30N4O5/c1-14(23-15(2)26)21(29)25-10-6-9-18(25)20(28)22-12-19(27)24(3)13-16-7-5-8-17(11-16)30-4/h5,7-8,11,14,18H,6,9-10,12-13H2,1-4H3,(H,22,28)(H,23,26)/t14-,18?/m0/s1. The van der Waals surface area contributed by atoms with Crippen LogP contribution in [0.5, 0.6) is 5.75 Å². The van der Waals surface area contributed by atoms with Gasteiger partial charge in [-0.05, 0) is 37.5 Å². The molecule has 1 saturated heterocycles. The summed E-state index contributed by atoms with van der Waals surface area (Å²) in [7, 11) is 3.24. The van der Waals surface area contributed by atoms with Crippen molar-refractivity contribution in [1.82, 2.24) is 20.4 Å². The van der Waals surface area contributed by atoms with E-state index in [1.807, 2.05) is 24.3 Å². The number of rotatable bonds is 8. The molecule has 9 heteroatoms. The van der Waals surface area contributed by atoms with Crippen molar-refractivity contribution >= 4 is 23.6 Å². The summed E-state index contributed by atoms with van der Waals surface area (Å²) in [5.74, 6) is -0.501. The lowest BCUT2D eigenvalue weighted by Gasteiger charge is -2.27. The fourth-order valence-electron chi connectivity index (χ4n) is 3.47. The number of amides is 4. The zero-order valence-corrected chi connectivity index (χ0v) is 17.9. The van der Waals surface area contributed by atoms with Crippen LogP contribution in [0, 0.1) is 0 Å². The molecule has 2 N–H and O–H groups in total. The summed E-state index contributed by atoms with van der Waals surface area (Å²) in [6, 6.07) is 6.08. The van der Waals surface area contributed by atoms with Crippen LogP contribution in [0.15, 0.2) is 24.3 Å². The zero-order chi connectivity index (χ0) is 22.3. The first kappa shape index (κ1) is 23.2. The van der Waals surface area contributed by atoms with Gasteiger partial charge in [0.25, 0.3) is 0 Å². The number of likely N-dealkylation sites (tertiary alicyclic amines) is 1. The molecule has 1 fully saturated rings. The molecule has 0 radical (unpaired) electrons. The molecular formula is C21H30N4O5. The summed E-state index contributed by atoms with van der Waals surface area (Å²) in [6.07, 6.45) is 1.22. The third-order valence-corrected chi connectivity index (χ3v) is 5.02. The average molecular weight is 418 g/mol. The lowest BCUT2D eigenvalue weighted by molar-refractivity contribution is -0.141. The summed E-state index contributed by atoms with van der Waals surface area (Å²) in [4.78, 5) is 51.7. The van der Waals surface area contributed by atoms with Gasteiger partial charge >= 0.3 is 0 Å². The molecule has 164 valence electrons. The Morgan fingerprint density at radius 2 is 2.03 bits per heavy atom. The van der Waals surface area contributed by atoms with Gasteiger partial charge in [-0.15, -0.1) is 0 Å². The minimum Gasteiger partial charge on any atom is -0.497 e. The molecule has 0 bridgehead atoms. The van der Waals surface area contributed by atoms with Crippen LogP contribution in [0.1, 0.15) is 32.3 Å². The van der Waals surface area contributed by atoms with E-state index in [9.17, 15) is 19.2 Å². The number of benzene rings is 1. The van der Waals surface area contributed by atoms with Gasteiger partial charge in [0.05, 0.1) is 13.7 Å². The Morgan fingerprint density at radius 1 is 1.30 bits per heavy atom. The van der Waals surface area contributed by atoms with E-state index in [0.29, 0.717) is 31.7 Å². The van der Waals surface area contributed by atoms with E-state index in [4.69, 9.17) is 4.74 Å². The molecule has 0 aliphatic carbocycles. The van der Waals surface area contributed by atoms with E-state index >= 15 is 0 Å². The van der Waals surface area contributed by atoms with E-state index in [0.717, 1.165) is 5.56 Å². The molecule has 2 atom stereocenters. The first-order valence-corrected chi connectivity index (χ1v) is 9.95. The maximum atomic E-state index is 12.6. The number of hydrogen-bond donors (Lipinski definition) is 2. The fourth-order valence-corrected chi connectivity index (χ4v) is 3.47. The Morgan fingerprint density at radius 3 is 2.70 bits per heavy atom. The molecule has 0 aromatic heterocycles. The molecule has 0 saturated carbocycles. The van der Waals surface area contributed by atoms with Gasteiger partial charge < -0.3 is 25.2 Å². The highest BCUT2D eigenvalue weighted by Crippen LogP contribution is 2.18. The number of carbonyl (C=O) groups is 4. The van der Waals surface area contributed by atoms with Crippen molar-refractivity contribution in [1.29, 1.82) is 0 Å². The van der Waals surface area contributed by atoms with Gasteiger partial charge in [0.15, 0.2) is 0 Å². The third-order valence-electron chi connectivity index (χ3n) is 5.02. The van der Waals surface area contributed by atoms with Crippen LogP contribution in [-0.2, 0) is 25.7 Å². The van der Waals surface area contributed by atoms with Crippen LogP contribution >= 0.6 is 0 Å². The smallest absolute Gasteiger partial charge is 0.245 e. The Labute approximate surface area is 176 Å². The molecule has 1 aliphatic rings. The molecule has 0 spiro atoms. The number of nitrogens with zero attached hydrogens (tertiary/aromatic N) is 2. The Bertz CT molecular complexity index is 797.